The summed E-state index contributed by atoms with van der Waals surface area (Å²) < 4.78 is 5.80. The molecular weight excluding hydrogens is 350 g/mol. The third kappa shape index (κ3) is 6.66. The molecule has 0 aliphatic carbocycles. The number of ether oxygens (including phenoxy) is 1. The average Bonchev–Trinajstić information content (AvgIpc) is 2.74. The number of nitrogens with zero attached hydrogens (tertiary/aromatic N) is 1. The maximum absolute atomic E-state index is 12.2. The molecule has 0 saturated carbocycles. The minimum atomic E-state index is -0.530. The van der Waals surface area contributed by atoms with Crippen LogP contribution < -0.4 is 15.8 Å². The quantitative estimate of drug-likeness (QED) is 0.701. The normalized spacial score (nSPS) is 15.8. The van der Waals surface area contributed by atoms with E-state index in [-0.39, 0.29) is 5.91 Å². The van der Waals surface area contributed by atoms with Gasteiger partial charge in [0.1, 0.15) is 12.4 Å². The van der Waals surface area contributed by atoms with Crippen molar-refractivity contribution in [3.8, 4) is 5.75 Å². The van der Waals surface area contributed by atoms with Gasteiger partial charge in [-0.2, -0.15) is 0 Å². The van der Waals surface area contributed by atoms with E-state index in [1.165, 1.54) is 19.3 Å². The zero-order valence-corrected chi connectivity index (χ0v) is 16.5. The Morgan fingerprint density at radius 3 is 2.43 bits per heavy atom. The number of hydrogen-bond acceptors (Lipinski definition) is 4. The summed E-state index contributed by atoms with van der Waals surface area (Å²) in [5.74, 6) is 0.730. The van der Waals surface area contributed by atoms with Crippen molar-refractivity contribution in [2.45, 2.75) is 38.3 Å². The van der Waals surface area contributed by atoms with Crippen LogP contribution in [0.4, 0.5) is 0 Å². The van der Waals surface area contributed by atoms with Crippen LogP contribution in [0.2, 0.25) is 0 Å². The van der Waals surface area contributed by atoms with Crippen LogP contribution in [0.1, 0.15) is 30.4 Å². The Hall–Kier alpha value is -2.37. The highest BCUT2D eigenvalue weighted by atomic mass is 16.5. The first kappa shape index (κ1) is 20.4. The lowest BCUT2D eigenvalue weighted by Crippen LogP contribution is -2.45. The molecule has 0 aromatic heterocycles. The highest BCUT2D eigenvalue weighted by Crippen LogP contribution is 2.15. The number of carbonyl (C=O) groups is 1. The second-order valence-corrected chi connectivity index (χ2v) is 7.42. The topological polar surface area (TPSA) is 67.6 Å². The molecule has 2 aromatic rings. The molecule has 3 N–H and O–H groups in total. The number of benzene rings is 2. The largest absolute Gasteiger partial charge is 0.489 e. The molecule has 3 rings (SSSR count). The van der Waals surface area contributed by atoms with Crippen molar-refractivity contribution >= 4 is 5.91 Å². The molecule has 1 aliphatic rings. The third-order valence-electron chi connectivity index (χ3n) is 5.14. The number of piperidine rings is 1. The minimum Gasteiger partial charge on any atom is -0.489 e. The first-order chi connectivity index (χ1) is 13.7. The molecule has 1 fully saturated rings. The maximum Gasteiger partial charge on any atom is 0.237 e. The second-order valence-electron chi connectivity index (χ2n) is 7.42. The van der Waals surface area contributed by atoms with Crippen molar-refractivity contribution in [3.63, 3.8) is 0 Å². The molecule has 0 unspecified atom stereocenters. The molecule has 5 nitrogen and oxygen atoms in total. The molecular formula is C23H31N3O2. The highest BCUT2D eigenvalue weighted by molar-refractivity contribution is 5.81. The van der Waals surface area contributed by atoms with Gasteiger partial charge in [-0.05, 0) is 55.6 Å². The van der Waals surface area contributed by atoms with Crippen LogP contribution in [-0.4, -0.2) is 43.0 Å². The van der Waals surface area contributed by atoms with Crippen molar-refractivity contribution in [1.82, 2.24) is 10.2 Å². The monoisotopic (exact) mass is 381 g/mol. The number of carbonyl (C=O) groups excluding carboxylic acids is 1. The summed E-state index contributed by atoms with van der Waals surface area (Å²) in [6.07, 6.45) is 4.37. The lowest BCUT2D eigenvalue weighted by Gasteiger charge is -2.26. The van der Waals surface area contributed by atoms with E-state index in [1.807, 2.05) is 54.6 Å². The lowest BCUT2D eigenvalue weighted by molar-refractivity contribution is -0.122. The van der Waals surface area contributed by atoms with E-state index < -0.39 is 6.04 Å². The molecule has 1 saturated heterocycles. The first-order valence-electron chi connectivity index (χ1n) is 10.2. The number of nitrogens with two attached hydrogens (primary N) is 1. The molecule has 28 heavy (non-hydrogen) atoms. The Morgan fingerprint density at radius 1 is 1.00 bits per heavy atom. The number of likely N-dealkylation sites (tertiary alicyclic amines) is 1. The van der Waals surface area contributed by atoms with Gasteiger partial charge >= 0.3 is 0 Å². The van der Waals surface area contributed by atoms with Crippen molar-refractivity contribution in [3.05, 3.63) is 65.7 Å². The maximum atomic E-state index is 12.2. The van der Waals surface area contributed by atoms with Gasteiger partial charge in [0.05, 0.1) is 6.04 Å². The van der Waals surface area contributed by atoms with Crippen molar-refractivity contribution < 1.29 is 9.53 Å². The standard InChI is InChI=1S/C23H31N3O2/c24-22(23(27)25-13-16-26-14-5-2-6-15-26)17-19-9-11-21(12-10-19)28-18-20-7-3-1-4-8-20/h1,3-4,7-12,22H,2,5-6,13-18,24H2,(H,25,27)/t22-/m0/s1. The zero-order valence-electron chi connectivity index (χ0n) is 16.5. The zero-order chi connectivity index (χ0) is 19.6. The Balaban J connectivity index is 1.38. The van der Waals surface area contributed by atoms with E-state index in [0.717, 1.165) is 36.5 Å². The third-order valence-corrected chi connectivity index (χ3v) is 5.14. The lowest BCUT2D eigenvalue weighted by atomic mass is 10.1. The van der Waals surface area contributed by atoms with Gasteiger partial charge in [0.15, 0.2) is 0 Å². The van der Waals surface area contributed by atoms with E-state index in [9.17, 15) is 4.79 Å². The Bertz CT molecular complexity index is 712. The summed E-state index contributed by atoms with van der Waals surface area (Å²) in [7, 11) is 0. The summed E-state index contributed by atoms with van der Waals surface area (Å²) in [5, 5.41) is 2.97. The van der Waals surface area contributed by atoms with Gasteiger partial charge < -0.3 is 20.7 Å². The number of rotatable bonds is 9. The summed E-state index contributed by atoms with van der Waals surface area (Å²) in [6.45, 7) is 4.39. The van der Waals surface area contributed by atoms with Crippen LogP contribution >= 0.6 is 0 Å². The van der Waals surface area contributed by atoms with Crippen LogP contribution in [0.15, 0.2) is 54.6 Å². The minimum absolute atomic E-state index is 0.0820. The van der Waals surface area contributed by atoms with E-state index in [1.54, 1.807) is 0 Å². The highest BCUT2D eigenvalue weighted by Gasteiger charge is 2.15. The van der Waals surface area contributed by atoms with Gasteiger partial charge in [0, 0.05) is 13.1 Å². The summed E-state index contributed by atoms with van der Waals surface area (Å²) >= 11 is 0. The predicted octanol–water partition coefficient (Wildman–Crippen LogP) is 2.74. The fourth-order valence-electron chi connectivity index (χ4n) is 3.46. The van der Waals surface area contributed by atoms with Crippen LogP contribution in [0.25, 0.3) is 0 Å². The molecule has 0 bridgehead atoms. The van der Waals surface area contributed by atoms with Gasteiger partial charge in [0.2, 0.25) is 5.91 Å². The Kier molecular flexibility index (Phi) is 7.88. The predicted molar refractivity (Wildman–Crippen MR) is 112 cm³/mol. The SMILES string of the molecule is N[C@@H](Cc1ccc(OCc2ccccc2)cc1)C(=O)NCCN1CCCCC1. The molecule has 0 spiro atoms. The molecule has 0 radical (unpaired) electrons. The molecule has 150 valence electrons. The van der Waals surface area contributed by atoms with Gasteiger partial charge in [0.25, 0.3) is 0 Å². The smallest absolute Gasteiger partial charge is 0.237 e. The van der Waals surface area contributed by atoms with Gasteiger partial charge in [-0.15, -0.1) is 0 Å². The summed E-state index contributed by atoms with van der Waals surface area (Å²) in [5.41, 5.74) is 8.25. The van der Waals surface area contributed by atoms with Crippen molar-refractivity contribution in [2.75, 3.05) is 26.2 Å². The van der Waals surface area contributed by atoms with Gasteiger partial charge in [-0.25, -0.2) is 0 Å². The first-order valence-corrected chi connectivity index (χ1v) is 10.2. The van der Waals surface area contributed by atoms with Crippen molar-refractivity contribution in [2.24, 2.45) is 5.73 Å². The summed E-state index contributed by atoms with van der Waals surface area (Å²) in [4.78, 5) is 14.6. The second kappa shape index (κ2) is 10.8. The molecule has 1 amide bonds. The number of nitrogens with one attached hydrogen (secondary N) is 1. The average molecular weight is 382 g/mol. The number of amides is 1. The van der Waals surface area contributed by atoms with E-state index in [0.29, 0.717) is 19.6 Å². The van der Waals surface area contributed by atoms with Crippen LogP contribution in [0.5, 0.6) is 5.75 Å². The van der Waals surface area contributed by atoms with Gasteiger partial charge in [-0.1, -0.05) is 48.9 Å². The molecule has 1 atom stereocenters. The Morgan fingerprint density at radius 2 is 1.71 bits per heavy atom. The Labute approximate surface area is 167 Å². The van der Waals surface area contributed by atoms with E-state index in [2.05, 4.69) is 10.2 Å². The van der Waals surface area contributed by atoms with Crippen LogP contribution in [0, 0.1) is 0 Å². The van der Waals surface area contributed by atoms with Crippen LogP contribution in [-0.2, 0) is 17.8 Å². The molecule has 1 heterocycles. The molecule has 2 aromatic carbocycles. The van der Waals surface area contributed by atoms with Crippen LogP contribution in [0.3, 0.4) is 0 Å². The van der Waals surface area contributed by atoms with E-state index >= 15 is 0 Å². The van der Waals surface area contributed by atoms with E-state index in [4.69, 9.17) is 10.5 Å². The van der Waals surface area contributed by atoms with Crippen molar-refractivity contribution in [1.29, 1.82) is 0 Å². The fourth-order valence-corrected chi connectivity index (χ4v) is 3.46. The van der Waals surface area contributed by atoms with Gasteiger partial charge in [-0.3, -0.25) is 4.79 Å². The fraction of sp³-hybridized carbons (Fsp3) is 0.435. The number of hydrogen-bond donors (Lipinski definition) is 2. The molecule has 1 aliphatic heterocycles. The molecule has 5 heteroatoms. The summed E-state index contributed by atoms with van der Waals surface area (Å²) in [6, 6.07) is 17.3.